The maximum atomic E-state index is 7.00. The van der Waals surface area contributed by atoms with Gasteiger partial charge in [0, 0.05) is 27.3 Å². The van der Waals surface area contributed by atoms with Crippen LogP contribution >= 0.6 is 23.2 Å². The van der Waals surface area contributed by atoms with Crippen LogP contribution in [0.15, 0.2) is 105 Å². The summed E-state index contributed by atoms with van der Waals surface area (Å²) in [6, 6.07) is 26.7. The van der Waals surface area contributed by atoms with E-state index in [1.165, 1.54) is 0 Å². The molecule has 0 saturated heterocycles. The summed E-state index contributed by atoms with van der Waals surface area (Å²) in [6.07, 6.45) is 0. The summed E-state index contributed by atoms with van der Waals surface area (Å²) in [5.41, 5.74) is 4.84. The van der Waals surface area contributed by atoms with Gasteiger partial charge in [0.1, 0.15) is 22.9 Å². The molecule has 0 aliphatic heterocycles. The number of hydrogen-bond donors (Lipinski definition) is 4. The van der Waals surface area contributed by atoms with E-state index in [4.69, 9.17) is 42.9 Å². The monoisotopic (exact) mass is 640 g/mol. The average molecular weight is 642 g/mol. The maximum absolute atomic E-state index is 7.00. The summed E-state index contributed by atoms with van der Waals surface area (Å²) in [4.78, 5) is 0. The molecule has 0 aliphatic rings. The topological polar surface area (TPSA) is 132 Å². The first kappa shape index (κ1) is 36.0. The van der Waals surface area contributed by atoms with Crippen LogP contribution in [0.1, 0.15) is 0 Å². The van der Waals surface area contributed by atoms with Gasteiger partial charge >= 0.3 is 0 Å². The van der Waals surface area contributed by atoms with E-state index in [2.05, 4.69) is 31.1 Å². The third-order valence-electron chi connectivity index (χ3n) is 5.85. The van der Waals surface area contributed by atoms with Crippen molar-refractivity contribution in [1.29, 1.82) is 0 Å². The molecule has 0 fully saturated rings. The molecular weight excluding hydrogens is 603 g/mol. The summed E-state index contributed by atoms with van der Waals surface area (Å²) in [7, 11) is 5.29. The Hall–Kier alpha value is -4.22. The SMILES string of the molecule is CO.CO.COc1ccccc1NCCN=Nc1ccc(-c2ccc(N=NCCNc3ccccc3OC)c(Cl)c2)cc1Cl. The van der Waals surface area contributed by atoms with Crippen LogP contribution in [0.3, 0.4) is 0 Å². The Morgan fingerprint density at radius 2 is 0.977 bits per heavy atom. The highest BCUT2D eigenvalue weighted by Crippen LogP contribution is 2.35. The van der Waals surface area contributed by atoms with E-state index in [9.17, 15) is 0 Å². The standard InChI is InChI=1S/C30H30Cl2N6O2.2CH4O/c1-39-29-9-5-3-7-27(29)33-15-17-35-37-25-13-11-21(19-23(25)31)22-12-14-26(24(32)20-22)38-36-18-16-34-28-8-4-6-10-30(28)40-2;2*1-2/h3-14,19-20,33-34H,15-18H2,1-2H3;2*2H,1H3. The lowest BCUT2D eigenvalue weighted by molar-refractivity contribution is 0.399. The number of methoxy groups -OCH3 is 2. The van der Waals surface area contributed by atoms with Gasteiger partial charge < -0.3 is 30.3 Å². The van der Waals surface area contributed by atoms with Crippen molar-refractivity contribution in [3.05, 3.63) is 95.0 Å². The number of nitrogens with zero attached hydrogens (tertiary/aromatic N) is 4. The lowest BCUT2D eigenvalue weighted by atomic mass is 10.1. The third-order valence-corrected chi connectivity index (χ3v) is 6.46. The zero-order chi connectivity index (χ0) is 32.2. The number of halogens is 2. The molecule has 44 heavy (non-hydrogen) atoms. The van der Waals surface area contributed by atoms with Gasteiger partial charge in [-0.25, -0.2) is 0 Å². The van der Waals surface area contributed by atoms with Crippen molar-refractivity contribution in [2.45, 2.75) is 0 Å². The molecule has 0 unspecified atom stereocenters. The molecular formula is C32H38Cl2N6O4. The number of azo groups is 2. The molecule has 0 radical (unpaired) electrons. The fourth-order valence-corrected chi connectivity index (χ4v) is 4.29. The summed E-state index contributed by atoms with van der Waals surface area (Å²) in [6.45, 7) is 2.19. The molecule has 0 aromatic heterocycles. The first-order valence-electron chi connectivity index (χ1n) is 13.6. The van der Waals surface area contributed by atoms with Crippen LogP contribution in [-0.4, -0.2) is 64.8 Å². The Kier molecular flexibility index (Phi) is 16.9. The van der Waals surface area contributed by atoms with Crippen LogP contribution < -0.4 is 20.1 Å². The lowest BCUT2D eigenvalue weighted by Gasteiger charge is -2.09. The average Bonchev–Trinajstić information content (AvgIpc) is 3.07. The molecule has 0 bridgehead atoms. The van der Waals surface area contributed by atoms with Crippen LogP contribution in [0.2, 0.25) is 10.0 Å². The Morgan fingerprint density at radius 1 is 0.591 bits per heavy atom. The number of benzene rings is 4. The predicted octanol–water partition coefficient (Wildman–Crippen LogP) is 8.29. The summed E-state index contributed by atoms with van der Waals surface area (Å²) in [5.74, 6) is 1.57. The fraction of sp³-hybridized carbons (Fsp3) is 0.250. The minimum Gasteiger partial charge on any atom is -0.495 e. The van der Waals surface area contributed by atoms with Gasteiger partial charge in [-0.1, -0.05) is 59.6 Å². The smallest absolute Gasteiger partial charge is 0.141 e. The van der Waals surface area contributed by atoms with Gasteiger partial charge in [0.2, 0.25) is 0 Å². The molecule has 0 spiro atoms. The Bertz CT molecular complexity index is 1380. The van der Waals surface area contributed by atoms with Gasteiger partial charge in [-0.3, -0.25) is 0 Å². The highest BCUT2D eigenvalue weighted by atomic mass is 35.5. The Balaban J connectivity index is 0.00000162. The van der Waals surface area contributed by atoms with Crippen molar-refractivity contribution >= 4 is 46.0 Å². The zero-order valence-electron chi connectivity index (χ0n) is 25.2. The molecule has 4 N–H and O–H groups in total. The van der Waals surface area contributed by atoms with E-state index in [1.807, 2.05) is 84.9 Å². The Labute approximate surface area is 268 Å². The first-order valence-corrected chi connectivity index (χ1v) is 14.3. The summed E-state index contributed by atoms with van der Waals surface area (Å²) >= 11 is 13.0. The quantitative estimate of drug-likeness (QED) is 0.0858. The summed E-state index contributed by atoms with van der Waals surface area (Å²) < 4.78 is 10.7. The molecule has 4 rings (SSSR count). The molecule has 0 saturated carbocycles. The lowest BCUT2D eigenvalue weighted by Crippen LogP contribution is -2.05. The minimum atomic E-state index is 0.484. The summed E-state index contributed by atoms with van der Waals surface area (Å²) in [5, 5.41) is 38.6. The third kappa shape index (κ3) is 11.1. The van der Waals surface area contributed by atoms with Crippen LogP contribution in [0.5, 0.6) is 11.5 Å². The highest BCUT2D eigenvalue weighted by molar-refractivity contribution is 6.34. The van der Waals surface area contributed by atoms with Crippen molar-refractivity contribution in [2.75, 3.05) is 65.3 Å². The van der Waals surface area contributed by atoms with Crippen LogP contribution in [0.4, 0.5) is 22.7 Å². The molecule has 234 valence electrons. The molecule has 0 aliphatic carbocycles. The number of ether oxygens (including phenoxy) is 2. The predicted molar refractivity (Wildman–Crippen MR) is 180 cm³/mol. The van der Waals surface area contributed by atoms with Crippen LogP contribution in [0.25, 0.3) is 11.1 Å². The second kappa shape index (κ2) is 20.6. The van der Waals surface area contributed by atoms with E-state index in [-0.39, 0.29) is 0 Å². The van der Waals surface area contributed by atoms with Crippen molar-refractivity contribution in [3.63, 3.8) is 0 Å². The number of hydrogen-bond acceptors (Lipinski definition) is 10. The zero-order valence-corrected chi connectivity index (χ0v) is 26.7. The minimum absolute atomic E-state index is 0.484. The Morgan fingerprint density at radius 3 is 1.34 bits per heavy atom. The number of nitrogens with one attached hydrogen (secondary N) is 2. The number of para-hydroxylation sites is 4. The number of anilines is 2. The number of rotatable bonds is 13. The second-order valence-corrected chi connectivity index (χ2v) is 9.33. The largest absolute Gasteiger partial charge is 0.495 e. The normalized spacial score (nSPS) is 10.5. The first-order chi connectivity index (χ1) is 21.6. The van der Waals surface area contributed by atoms with E-state index >= 15 is 0 Å². The van der Waals surface area contributed by atoms with Gasteiger partial charge in [0.15, 0.2) is 0 Å². The maximum Gasteiger partial charge on any atom is 0.141 e. The van der Waals surface area contributed by atoms with Gasteiger partial charge in [0.05, 0.1) is 48.7 Å². The van der Waals surface area contributed by atoms with Crippen molar-refractivity contribution in [3.8, 4) is 22.6 Å². The molecule has 0 heterocycles. The molecule has 4 aromatic rings. The van der Waals surface area contributed by atoms with Gasteiger partial charge in [-0.2, -0.15) is 20.5 Å². The number of aliphatic hydroxyl groups excluding tert-OH is 2. The van der Waals surface area contributed by atoms with Gasteiger partial charge in [-0.05, 0) is 59.7 Å². The van der Waals surface area contributed by atoms with Gasteiger partial charge in [0.25, 0.3) is 0 Å². The fourth-order valence-electron chi connectivity index (χ4n) is 3.85. The van der Waals surface area contributed by atoms with Gasteiger partial charge in [-0.15, -0.1) is 0 Å². The molecule has 0 amide bonds. The van der Waals surface area contributed by atoms with Crippen molar-refractivity contribution in [1.82, 2.24) is 0 Å². The number of aliphatic hydroxyl groups is 2. The van der Waals surface area contributed by atoms with Crippen molar-refractivity contribution < 1.29 is 19.7 Å². The molecule has 10 nitrogen and oxygen atoms in total. The molecule has 12 heteroatoms. The molecule has 4 aromatic carbocycles. The van der Waals surface area contributed by atoms with E-state index < -0.39 is 0 Å². The van der Waals surface area contributed by atoms with Crippen molar-refractivity contribution in [2.24, 2.45) is 20.5 Å². The van der Waals surface area contributed by atoms with E-state index in [1.54, 1.807) is 14.2 Å². The van der Waals surface area contributed by atoms with Crippen LogP contribution in [-0.2, 0) is 0 Å². The van der Waals surface area contributed by atoms with Crippen LogP contribution in [0, 0.1) is 0 Å². The van der Waals surface area contributed by atoms with E-state index in [0.717, 1.165) is 48.2 Å². The highest BCUT2D eigenvalue weighted by Gasteiger charge is 2.07. The van der Waals surface area contributed by atoms with E-state index in [0.29, 0.717) is 47.6 Å². The second-order valence-electron chi connectivity index (χ2n) is 8.52. The molecule has 0 atom stereocenters.